The van der Waals surface area contributed by atoms with Gasteiger partial charge in [0.15, 0.2) is 16.6 Å². The van der Waals surface area contributed by atoms with Crippen LogP contribution in [0.1, 0.15) is 20.8 Å². The molecule has 0 bridgehead atoms. The maximum absolute atomic E-state index is 12.0. The first-order valence-corrected chi connectivity index (χ1v) is 7.18. The van der Waals surface area contributed by atoms with Crippen molar-refractivity contribution in [2.24, 2.45) is 0 Å². The van der Waals surface area contributed by atoms with E-state index >= 15 is 0 Å². The van der Waals surface area contributed by atoms with Crippen molar-refractivity contribution in [2.75, 3.05) is 0 Å². The van der Waals surface area contributed by atoms with Crippen molar-refractivity contribution in [2.45, 2.75) is 6.92 Å². The maximum atomic E-state index is 12.0. The third kappa shape index (κ3) is 3.14. The van der Waals surface area contributed by atoms with E-state index in [2.05, 4.69) is 9.97 Å². The van der Waals surface area contributed by atoms with Crippen LogP contribution >= 0.6 is 11.3 Å². The van der Waals surface area contributed by atoms with Gasteiger partial charge in [0.25, 0.3) is 0 Å². The molecule has 0 N–H and O–H groups in total. The standard InChI is InChI=1S/C16H12N2O2S/c1-11-7-12(9-17-8-11)14(19)5-4-13-10-18-16(21-13)15-3-2-6-20-15/h2-10H,1H3/b5-4+. The molecule has 0 fully saturated rings. The highest BCUT2D eigenvalue weighted by atomic mass is 32.1. The number of thiazole rings is 1. The second-order valence-corrected chi connectivity index (χ2v) is 5.56. The molecule has 3 heterocycles. The number of hydrogen-bond donors (Lipinski definition) is 0. The molecular weight excluding hydrogens is 284 g/mol. The summed E-state index contributed by atoms with van der Waals surface area (Å²) in [5.41, 5.74) is 1.55. The largest absolute Gasteiger partial charge is 0.462 e. The molecule has 0 amide bonds. The van der Waals surface area contributed by atoms with Crippen LogP contribution in [-0.2, 0) is 0 Å². The van der Waals surface area contributed by atoms with E-state index in [1.807, 2.05) is 25.1 Å². The van der Waals surface area contributed by atoms with Crippen LogP contribution in [0.25, 0.3) is 16.8 Å². The van der Waals surface area contributed by atoms with Gasteiger partial charge in [-0.25, -0.2) is 4.98 Å². The van der Waals surface area contributed by atoms with Gasteiger partial charge in [-0.3, -0.25) is 9.78 Å². The summed E-state index contributed by atoms with van der Waals surface area (Å²) in [6, 6.07) is 5.50. The summed E-state index contributed by atoms with van der Waals surface area (Å²) in [4.78, 5) is 21.2. The molecule has 0 atom stereocenters. The van der Waals surface area contributed by atoms with Crippen LogP contribution < -0.4 is 0 Å². The lowest BCUT2D eigenvalue weighted by Gasteiger charge is -1.96. The van der Waals surface area contributed by atoms with Crippen molar-refractivity contribution >= 4 is 23.2 Å². The van der Waals surface area contributed by atoms with E-state index in [1.54, 1.807) is 30.9 Å². The second-order valence-electron chi connectivity index (χ2n) is 4.49. The molecule has 3 aromatic heterocycles. The molecule has 0 spiro atoms. The topological polar surface area (TPSA) is 56.0 Å². The van der Waals surface area contributed by atoms with Crippen molar-refractivity contribution in [1.29, 1.82) is 0 Å². The molecule has 104 valence electrons. The third-order valence-electron chi connectivity index (χ3n) is 2.81. The summed E-state index contributed by atoms with van der Waals surface area (Å²) in [6.45, 7) is 1.91. The number of aromatic nitrogens is 2. The first kappa shape index (κ1) is 13.5. The molecule has 4 nitrogen and oxygen atoms in total. The number of allylic oxidation sites excluding steroid dienone is 1. The van der Waals surface area contributed by atoms with Crippen molar-refractivity contribution in [3.63, 3.8) is 0 Å². The third-order valence-corrected chi connectivity index (χ3v) is 3.79. The monoisotopic (exact) mass is 296 g/mol. The van der Waals surface area contributed by atoms with Gasteiger partial charge < -0.3 is 4.42 Å². The highest BCUT2D eigenvalue weighted by molar-refractivity contribution is 7.15. The maximum Gasteiger partial charge on any atom is 0.187 e. The molecule has 0 saturated heterocycles. The van der Waals surface area contributed by atoms with E-state index in [0.717, 1.165) is 21.2 Å². The fraction of sp³-hybridized carbons (Fsp3) is 0.0625. The van der Waals surface area contributed by atoms with Crippen molar-refractivity contribution in [1.82, 2.24) is 9.97 Å². The first-order valence-electron chi connectivity index (χ1n) is 6.36. The smallest absolute Gasteiger partial charge is 0.187 e. The van der Waals surface area contributed by atoms with E-state index < -0.39 is 0 Å². The number of furan rings is 1. The predicted octanol–water partition coefficient (Wildman–Crippen LogP) is 4.00. The normalized spacial score (nSPS) is 11.1. The molecule has 0 aliphatic rings. The Morgan fingerprint density at radius 3 is 3.00 bits per heavy atom. The van der Waals surface area contributed by atoms with E-state index in [1.165, 1.54) is 17.4 Å². The summed E-state index contributed by atoms with van der Waals surface area (Å²) in [7, 11) is 0. The first-order chi connectivity index (χ1) is 10.2. The lowest BCUT2D eigenvalue weighted by Crippen LogP contribution is -1.95. The van der Waals surface area contributed by atoms with Gasteiger partial charge in [-0.2, -0.15) is 0 Å². The fourth-order valence-corrected chi connectivity index (χ4v) is 2.61. The Labute approximate surface area is 125 Å². The summed E-state index contributed by atoms with van der Waals surface area (Å²) < 4.78 is 5.29. The average molecular weight is 296 g/mol. The summed E-state index contributed by atoms with van der Waals surface area (Å²) in [6.07, 6.45) is 9.92. The van der Waals surface area contributed by atoms with Crippen LogP contribution in [0.2, 0.25) is 0 Å². The molecule has 0 saturated carbocycles. The summed E-state index contributed by atoms with van der Waals surface area (Å²) in [5, 5.41) is 0.796. The molecule has 3 rings (SSSR count). The minimum Gasteiger partial charge on any atom is -0.462 e. The lowest BCUT2D eigenvalue weighted by atomic mass is 10.1. The van der Waals surface area contributed by atoms with Gasteiger partial charge in [-0.15, -0.1) is 11.3 Å². The second kappa shape index (κ2) is 5.85. The van der Waals surface area contributed by atoms with Crippen molar-refractivity contribution in [3.05, 3.63) is 65.1 Å². The molecule has 3 aromatic rings. The number of aryl methyl sites for hydroxylation is 1. The number of ketones is 1. The van der Waals surface area contributed by atoms with Gasteiger partial charge in [0, 0.05) is 29.0 Å². The molecule has 0 unspecified atom stereocenters. The summed E-state index contributed by atoms with van der Waals surface area (Å²) >= 11 is 1.47. The zero-order valence-electron chi connectivity index (χ0n) is 11.3. The minimum absolute atomic E-state index is 0.0702. The van der Waals surface area contributed by atoms with Crippen LogP contribution in [0, 0.1) is 6.92 Å². The van der Waals surface area contributed by atoms with E-state index in [0.29, 0.717) is 5.56 Å². The van der Waals surface area contributed by atoms with Gasteiger partial charge in [-0.1, -0.05) is 0 Å². The predicted molar refractivity (Wildman–Crippen MR) is 82.2 cm³/mol. The zero-order chi connectivity index (χ0) is 14.7. The van der Waals surface area contributed by atoms with Gasteiger partial charge in [0.1, 0.15) is 0 Å². The van der Waals surface area contributed by atoms with E-state index in [-0.39, 0.29) is 5.78 Å². The Balaban J connectivity index is 1.76. The highest BCUT2D eigenvalue weighted by Crippen LogP contribution is 2.26. The molecule has 0 aromatic carbocycles. The Morgan fingerprint density at radius 2 is 2.24 bits per heavy atom. The van der Waals surface area contributed by atoms with Crippen molar-refractivity contribution in [3.8, 4) is 10.8 Å². The summed E-state index contributed by atoms with van der Waals surface area (Å²) in [5.74, 6) is 0.660. The zero-order valence-corrected chi connectivity index (χ0v) is 12.1. The highest BCUT2D eigenvalue weighted by Gasteiger charge is 2.06. The quantitative estimate of drug-likeness (QED) is 0.539. The van der Waals surface area contributed by atoms with Gasteiger partial charge in [-0.05, 0) is 42.8 Å². The number of carbonyl (C=O) groups is 1. The molecule has 5 heteroatoms. The number of carbonyl (C=O) groups excluding carboxylic acids is 1. The molecule has 0 aliphatic carbocycles. The van der Waals surface area contributed by atoms with Crippen LogP contribution in [0.5, 0.6) is 0 Å². The SMILES string of the molecule is Cc1cncc(C(=O)/C=C/c2cnc(-c3ccco3)s2)c1. The Hall–Kier alpha value is -2.53. The Kier molecular flexibility index (Phi) is 3.75. The lowest BCUT2D eigenvalue weighted by molar-refractivity contribution is 0.104. The van der Waals surface area contributed by atoms with Crippen LogP contribution in [-0.4, -0.2) is 15.8 Å². The molecule has 0 aliphatic heterocycles. The molecule has 0 radical (unpaired) electrons. The van der Waals surface area contributed by atoms with Gasteiger partial charge in [0.2, 0.25) is 0 Å². The minimum atomic E-state index is -0.0702. The Morgan fingerprint density at radius 1 is 1.33 bits per heavy atom. The average Bonchev–Trinajstić information content (AvgIpc) is 3.15. The number of rotatable bonds is 4. The van der Waals surface area contributed by atoms with Crippen LogP contribution in [0.15, 0.2) is 53.5 Å². The number of hydrogen-bond acceptors (Lipinski definition) is 5. The fourth-order valence-electron chi connectivity index (χ4n) is 1.82. The van der Waals surface area contributed by atoms with Crippen molar-refractivity contribution < 1.29 is 9.21 Å². The number of pyridine rings is 1. The van der Waals surface area contributed by atoms with E-state index in [4.69, 9.17) is 4.42 Å². The number of nitrogens with zero attached hydrogens (tertiary/aromatic N) is 2. The Bertz CT molecular complexity index is 788. The molecule has 21 heavy (non-hydrogen) atoms. The van der Waals surface area contributed by atoms with Crippen LogP contribution in [0.3, 0.4) is 0 Å². The van der Waals surface area contributed by atoms with Gasteiger partial charge in [0.05, 0.1) is 6.26 Å². The van der Waals surface area contributed by atoms with Gasteiger partial charge >= 0.3 is 0 Å². The van der Waals surface area contributed by atoms with E-state index in [9.17, 15) is 4.79 Å². The van der Waals surface area contributed by atoms with Crippen LogP contribution in [0.4, 0.5) is 0 Å². The molecular formula is C16H12N2O2S.